The van der Waals surface area contributed by atoms with Crippen LogP contribution < -0.4 is 0 Å². The number of hydrogen-bond donors (Lipinski definition) is 1. The minimum Gasteiger partial charge on any atom is -0.396 e. The Labute approximate surface area is 73.7 Å². The predicted octanol–water partition coefficient (Wildman–Crippen LogP) is 0.812. The van der Waals surface area contributed by atoms with E-state index in [1.54, 1.807) is 0 Å². The first-order chi connectivity index (χ1) is 5.83. The van der Waals surface area contributed by atoms with Gasteiger partial charge >= 0.3 is 0 Å². The van der Waals surface area contributed by atoms with E-state index < -0.39 is 0 Å². The molecule has 1 rings (SSSR count). The lowest BCUT2D eigenvalue weighted by molar-refractivity contribution is -0.150. The number of aliphatic hydroxyl groups is 1. The third-order valence-corrected chi connectivity index (χ3v) is 2.42. The van der Waals surface area contributed by atoms with Gasteiger partial charge in [0, 0.05) is 18.6 Å². The summed E-state index contributed by atoms with van der Waals surface area (Å²) in [5, 5.41) is 8.52. The van der Waals surface area contributed by atoms with Crippen LogP contribution in [0.15, 0.2) is 0 Å². The third-order valence-electron chi connectivity index (χ3n) is 2.42. The zero-order valence-electron chi connectivity index (χ0n) is 7.71. The smallest absolute Gasteiger partial charge is 0.0566 e. The highest BCUT2D eigenvalue weighted by molar-refractivity contribution is 4.83. The Bertz CT molecular complexity index is 115. The van der Waals surface area contributed by atoms with Gasteiger partial charge in [-0.3, -0.25) is 0 Å². The van der Waals surface area contributed by atoms with Crippen LogP contribution in [0.25, 0.3) is 0 Å². The summed E-state index contributed by atoms with van der Waals surface area (Å²) in [4.78, 5) is 0. The lowest BCUT2D eigenvalue weighted by atomic mass is 9.84. The van der Waals surface area contributed by atoms with Gasteiger partial charge in [0.15, 0.2) is 0 Å². The van der Waals surface area contributed by atoms with E-state index in [0.29, 0.717) is 6.61 Å². The topological polar surface area (TPSA) is 38.7 Å². The molecule has 0 aliphatic carbocycles. The summed E-state index contributed by atoms with van der Waals surface area (Å²) < 4.78 is 10.6. The standard InChI is InChI=1S/C9H18O3/c1-2-9(7-12-8-9)6-11-5-3-4-10/h10H,2-8H2,1H3. The molecule has 72 valence electrons. The van der Waals surface area contributed by atoms with Gasteiger partial charge < -0.3 is 14.6 Å². The average molecular weight is 174 g/mol. The van der Waals surface area contributed by atoms with E-state index in [0.717, 1.165) is 32.7 Å². The Balaban J connectivity index is 2.04. The molecule has 0 atom stereocenters. The Morgan fingerprint density at radius 1 is 1.50 bits per heavy atom. The van der Waals surface area contributed by atoms with Crippen LogP contribution >= 0.6 is 0 Å². The summed E-state index contributed by atoms with van der Waals surface area (Å²) in [5.74, 6) is 0. The second kappa shape index (κ2) is 4.80. The summed E-state index contributed by atoms with van der Waals surface area (Å²) in [6, 6.07) is 0. The van der Waals surface area contributed by atoms with Gasteiger partial charge in [-0.15, -0.1) is 0 Å². The molecular formula is C9H18O3. The quantitative estimate of drug-likeness (QED) is 0.606. The number of hydrogen-bond acceptors (Lipinski definition) is 3. The molecule has 12 heavy (non-hydrogen) atoms. The van der Waals surface area contributed by atoms with Crippen molar-refractivity contribution in [3.8, 4) is 0 Å². The minimum absolute atomic E-state index is 0.218. The van der Waals surface area contributed by atoms with Gasteiger partial charge in [0.1, 0.15) is 0 Å². The molecule has 1 fully saturated rings. The largest absolute Gasteiger partial charge is 0.396 e. The third kappa shape index (κ3) is 2.44. The Hall–Kier alpha value is -0.120. The monoisotopic (exact) mass is 174 g/mol. The maximum atomic E-state index is 8.52. The number of ether oxygens (including phenoxy) is 2. The summed E-state index contributed by atoms with van der Waals surface area (Å²) in [5.41, 5.74) is 0.287. The van der Waals surface area contributed by atoms with E-state index in [1.165, 1.54) is 0 Å². The molecule has 1 aliphatic heterocycles. The Morgan fingerprint density at radius 2 is 2.25 bits per heavy atom. The van der Waals surface area contributed by atoms with Crippen molar-refractivity contribution in [1.82, 2.24) is 0 Å². The molecule has 1 saturated heterocycles. The fourth-order valence-corrected chi connectivity index (χ4v) is 1.24. The van der Waals surface area contributed by atoms with Crippen LogP contribution in [-0.2, 0) is 9.47 Å². The highest BCUT2D eigenvalue weighted by atomic mass is 16.5. The van der Waals surface area contributed by atoms with Crippen LogP contribution in [0.4, 0.5) is 0 Å². The molecule has 0 spiro atoms. The van der Waals surface area contributed by atoms with Crippen LogP contribution in [0.2, 0.25) is 0 Å². The van der Waals surface area contributed by atoms with E-state index >= 15 is 0 Å². The molecule has 0 amide bonds. The van der Waals surface area contributed by atoms with Crippen LogP contribution in [0.3, 0.4) is 0 Å². The highest BCUT2D eigenvalue weighted by Gasteiger charge is 2.36. The first-order valence-corrected chi connectivity index (χ1v) is 4.59. The molecule has 3 nitrogen and oxygen atoms in total. The van der Waals surface area contributed by atoms with Crippen molar-refractivity contribution in [3.05, 3.63) is 0 Å². The van der Waals surface area contributed by atoms with E-state index in [1.807, 2.05) is 0 Å². The van der Waals surface area contributed by atoms with E-state index in [2.05, 4.69) is 6.92 Å². The van der Waals surface area contributed by atoms with Crippen LogP contribution in [0, 0.1) is 5.41 Å². The molecular weight excluding hydrogens is 156 g/mol. The highest BCUT2D eigenvalue weighted by Crippen LogP contribution is 2.31. The number of rotatable bonds is 6. The van der Waals surface area contributed by atoms with Gasteiger partial charge in [-0.05, 0) is 12.8 Å². The van der Waals surface area contributed by atoms with E-state index in [-0.39, 0.29) is 12.0 Å². The molecule has 1 N–H and O–H groups in total. The van der Waals surface area contributed by atoms with Crippen molar-refractivity contribution in [2.45, 2.75) is 19.8 Å². The molecule has 0 bridgehead atoms. The van der Waals surface area contributed by atoms with Gasteiger partial charge in [-0.2, -0.15) is 0 Å². The second-order valence-electron chi connectivity index (χ2n) is 3.48. The van der Waals surface area contributed by atoms with Gasteiger partial charge in [-0.1, -0.05) is 6.92 Å². The van der Waals surface area contributed by atoms with Crippen molar-refractivity contribution in [3.63, 3.8) is 0 Å². The van der Waals surface area contributed by atoms with Gasteiger partial charge in [0.2, 0.25) is 0 Å². The molecule has 0 aromatic rings. The summed E-state index contributed by atoms with van der Waals surface area (Å²) in [7, 11) is 0. The lowest BCUT2D eigenvalue weighted by Gasteiger charge is -2.40. The van der Waals surface area contributed by atoms with Gasteiger partial charge in [0.25, 0.3) is 0 Å². The van der Waals surface area contributed by atoms with E-state index in [4.69, 9.17) is 14.6 Å². The molecule has 0 saturated carbocycles. The van der Waals surface area contributed by atoms with Crippen LogP contribution in [0.5, 0.6) is 0 Å². The fourth-order valence-electron chi connectivity index (χ4n) is 1.24. The molecule has 0 unspecified atom stereocenters. The van der Waals surface area contributed by atoms with Gasteiger partial charge in [-0.25, -0.2) is 0 Å². The lowest BCUT2D eigenvalue weighted by Crippen LogP contribution is -2.45. The first-order valence-electron chi connectivity index (χ1n) is 4.59. The van der Waals surface area contributed by atoms with Crippen molar-refractivity contribution in [2.75, 3.05) is 33.0 Å². The minimum atomic E-state index is 0.218. The SMILES string of the molecule is CCC1(COCCCO)COC1. The second-order valence-corrected chi connectivity index (χ2v) is 3.48. The molecule has 0 aromatic heterocycles. The molecule has 1 aliphatic rings. The summed E-state index contributed by atoms with van der Waals surface area (Å²) >= 11 is 0. The summed E-state index contributed by atoms with van der Waals surface area (Å²) in [6.45, 7) is 5.50. The molecule has 0 radical (unpaired) electrons. The maximum absolute atomic E-state index is 8.52. The predicted molar refractivity (Wildman–Crippen MR) is 46.1 cm³/mol. The first kappa shape index (κ1) is 9.96. The van der Waals surface area contributed by atoms with Crippen LogP contribution in [0.1, 0.15) is 19.8 Å². The van der Waals surface area contributed by atoms with Crippen LogP contribution in [-0.4, -0.2) is 38.1 Å². The van der Waals surface area contributed by atoms with Crippen molar-refractivity contribution in [2.24, 2.45) is 5.41 Å². The normalized spacial score (nSPS) is 20.5. The summed E-state index contributed by atoms with van der Waals surface area (Å²) in [6.07, 6.45) is 1.85. The Morgan fingerprint density at radius 3 is 2.67 bits per heavy atom. The Kier molecular flexibility index (Phi) is 3.98. The zero-order valence-corrected chi connectivity index (χ0v) is 7.71. The average Bonchev–Trinajstić information content (AvgIpc) is 2.02. The maximum Gasteiger partial charge on any atom is 0.0566 e. The fraction of sp³-hybridized carbons (Fsp3) is 1.00. The molecule has 1 heterocycles. The van der Waals surface area contributed by atoms with E-state index in [9.17, 15) is 0 Å². The zero-order chi connectivity index (χ0) is 8.86. The van der Waals surface area contributed by atoms with Crippen molar-refractivity contribution < 1.29 is 14.6 Å². The van der Waals surface area contributed by atoms with Gasteiger partial charge in [0.05, 0.1) is 19.8 Å². The molecule has 0 aromatic carbocycles. The number of aliphatic hydroxyl groups excluding tert-OH is 1. The molecule has 3 heteroatoms. The van der Waals surface area contributed by atoms with Crippen molar-refractivity contribution in [1.29, 1.82) is 0 Å². The van der Waals surface area contributed by atoms with Crippen molar-refractivity contribution >= 4 is 0 Å².